The molecule has 0 N–H and O–H groups in total. The van der Waals surface area contributed by atoms with Crippen LogP contribution in [0.1, 0.15) is 34.1 Å². The number of carbonyl (C=O) groups excluding carboxylic acids is 4. The summed E-state index contributed by atoms with van der Waals surface area (Å²) >= 11 is 0. The van der Waals surface area contributed by atoms with Crippen molar-refractivity contribution in [2.45, 2.75) is 52.7 Å². The van der Waals surface area contributed by atoms with Crippen molar-refractivity contribution >= 4 is 32.4 Å². The molecule has 0 aromatic carbocycles. The van der Waals surface area contributed by atoms with Crippen LogP contribution in [0.25, 0.3) is 0 Å². The molecule has 11 heteroatoms. The van der Waals surface area contributed by atoms with Crippen molar-refractivity contribution in [3.63, 3.8) is 0 Å². The van der Waals surface area contributed by atoms with Crippen LogP contribution in [0, 0.1) is 0 Å². The smallest absolute Gasteiger partial charge is 0.423 e. The van der Waals surface area contributed by atoms with E-state index < -0.39 is 38.4 Å². The van der Waals surface area contributed by atoms with Crippen LogP contribution in [0.5, 0.6) is 0 Å². The highest BCUT2D eigenvalue weighted by atomic mass is 28.4. The minimum atomic E-state index is -3.02. The third-order valence-corrected chi connectivity index (χ3v) is 7.02. The van der Waals surface area contributed by atoms with E-state index in [1.54, 1.807) is 6.55 Å². The summed E-state index contributed by atoms with van der Waals surface area (Å²) in [5, 5.41) is 0. The van der Waals surface area contributed by atoms with E-state index in [0.717, 1.165) is 0 Å². The summed E-state index contributed by atoms with van der Waals surface area (Å²) in [5.74, 6) is -5.90. The molecule has 0 amide bonds. The standard InChI is InChI=1S/C23H34O10Si/c1-15(2)19(24)29-12-13-30-34(10,28-9)14-11-23(31-20(25)16(3)4,32-21(26)17(5)6)33-22(27)18(7)8/h1,3,5,7,11-14H2,2,4,6,8-10H3. The Morgan fingerprint density at radius 2 is 1.09 bits per heavy atom. The zero-order valence-corrected chi connectivity index (χ0v) is 21.7. The number of esters is 4. The fraction of sp³-hybridized carbons (Fsp3) is 0.478. The molecule has 0 spiro atoms. The van der Waals surface area contributed by atoms with Gasteiger partial charge in [0, 0.05) is 35.4 Å². The van der Waals surface area contributed by atoms with E-state index in [9.17, 15) is 19.2 Å². The van der Waals surface area contributed by atoms with Crippen LogP contribution >= 0.6 is 0 Å². The molecule has 0 aromatic rings. The third-order valence-electron chi connectivity index (χ3n) is 4.18. The first kappa shape index (κ1) is 31.0. The fourth-order valence-electron chi connectivity index (χ4n) is 2.03. The topological polar surface area (TPSA) is 124 Å². The molecule has 0 bridgehead atoms. The first-order chi connectivity index (χ1) is 15.6. The molecule has 0 aromatic heterocycles. The second-order valence-corrected chi connectivity index (χ2v) is 11.3. The highest BCUT2D eigenvalue weighted by molar-refractivity contribution is 6.66. The van der Waals surface area contributed by atoms with Crippen LogP contribution in [-0.4, -0.2) is 58.7 Å². The van der Waals surface area contributed by atoms with Crippen LogP contribution < -0.4 is 0 Å². The maximum absolute atomic E-state index is 12.3. The Labute approximate surface area is 201 Å². The van der Waals surface area contributed by atoms with E-state index in [-0.39, 0.29) is 48.0 Å². The monoisotopic (exact) mass is 498 g/mol. The minimum absolute atomic E-state index is 0.00520. The number of hydrogen-bond acceptors (Lipinski definition) is 10. The van der Waals surface area contributed by atoms with Gasteiger partial charge in [0.2, 0.25) is 0 Å². The molecule has 0 saturated heterocycles. The lowest BCUT2D eigenvalue weighted by Crippen LogP contribution is -2.48. The van der Waals surface area contributed by atoms with Gasteiger partial charge in [0.25, 0.3) is 0 Å². The lowest BCUT2D eigenvalue weighted by Gasteiger charge is -2.34. The second kappa shape index (κ2) is 13.6. The first-order valence-electron chi connectivity index (χ1n) is 10.3. The molecule has 0 aliphatic heterocycles. The average Bonchev–Trinajstić information content (AvgIpc) is 2.74. The minimum Gasteiger partial charge on any atom is -0.460 e. The van der Waals surface area contributed by atoms with Gasteiger partial charge < -0.3 is 27.8 Å². The van der Waals surface area contributed by atoms with Crippen LogP contribution in [0.3, 0.4) is 0 Å². The fourth-order valence-corrected chi connectivity index (χ4v) is 3.77. The van der Waals surface area contributed by atoms with E-state index in [4.69, 9.17) is 27.8 Å². The first-order valence-corrected chi connectivity index (χ1v) is 12.8. The van der Waals surface area contributed by atoms with Gasteiger partial charge in [-0.05, 0) is 34.2 Å². The van der Waals surface area contributed by atoms with Crippen molar-refractivity contribution in [3.05, 3.63) is 48.6 Å². The summed E-state index contributed by atoms with van der Waals surface area (Å²) < 4.78 is 32.2. The molecule has 0 saturated carbocycles. The van der Waals surface area contributed by atoms with Crippen LogP contribution in [0.4, 0.5) is 0 Å². The third kappa shape index (κ3) is 10.7. The van der Waals surface area contributed by atoms with Gasteiger partial charge in [0.15, 0.2) is 0 Å². The van der Waals surface area contributed by atoms with Gasteiger partial charge in [-0.3, -0.25) is 0 Å². The van der Waals surface area contributed by atoms with Crippen LogP contribution in [0.2, 0.25) is 12.6 Å². The molecule has 0 aliphatic rings. The van der Waals surface area contributed by atoms with Gasteiger partial charge in [-0.25, -0.2) is 19.2 Å². The zero-order chi connectivity index (χ0) is 26.7. The normalized spacial score (nSPS) is 12.5. The Balaban J connectivity index is 5.81. The highest BCUT2D eigenvalue weighted by Gasteiger charge is 2.47. The van der Waals surface area contributed by atoms with E-state index in [1.165, 1.54) is 34.8 Å². The Hall–Kier alpha value is -3.02. The lowest BCUT2D eigenvalue weighted by molar-refractivity contribution is -0.326. The summed E-state index contributed by atoms with van der Waals surface area (Å²) in [7, 11) is -1.61. The van der Waals surface area contributed by atoms with E-state index in [2.05, 4.69) is 26.3 Å². The SMILES string of the molecule is C=C(C)C(=O)OCCO[Si](C)(CCC(OC(=O)C(=C)C)(OC(=O)C(=C)C)OC(=O)C(=C)C)OC. The Morgan fingerprint density at radius 1 is 0.706 bits per heavy atom. The molecule has 34 heavy (non-hydrogen) atoms. The molecule has 0 heterocycles. The largest absolute Gasteiger partial charge is 0.460 e. The molecule has 0 rings (SSSR count). The van der Waals surface area contributed by atoms with Crippen molar-refractivity contribution in [1.82, 2.24) is 0 Å². The van der Waals surface area contributed by atoms with Gasteiger partial charge >= 0.3 is 38.4 Å². The molecule has 1 atom stereocenters. The number of hydrogen-bond donors (Lipinski definition) is 0. The molecule has 0 aliphatic carbocycles. The Bertz CT molecular complexity index is 790. The number of rotatable bonds is 15. The number of carbonyl (C=O) groups is 4. The molecular weight excluding hydrogens is 464 g/mol. The van der Waals surface area contributed by atoms with Crippen molar-refractivity contribution in [2.24, 2.45) is 0 Å². The van der Waals surface area contributed by atoms with Crippen molar-refractivity contribution in [2.75, 3.05) is 20.3 Å². The zero-order valence-electron chi connectivity index (χ0n) is 20.7. The summed E-state index contributed by atoms with van der Waals surface area (Å²) in [5.41, 5.74) is 0.174. The summed E-state index contributed by atoms with van der Waals surface area (Å²) in [6.45, 7) is 21.2. The maximum atomic E-state index is 12.3. The Kier molecular flexibility index (Phi) is 12.4. The Morgan fingerprint density at radius 3 is 1.41 bits per heavy atom. The van der Waals surface area contributed by atoms with E-state index in [1.807, 2.05) is 0 Å². The van der Waals surface area contributed by atoms with Crippen LogP contribution in [0.15, 0.2) is 48.6 Å². The molecule has 10 nitrogen and oxygen atoms in total. The van der Waals surface area contributed by atoms with Crippen molar-refractivity contribution < 1.29 is 47.0 Å². The molecule has 190 valence electrons. The predicted molar refractivity (Wildman–Crippen MR) is 125 cm³/mol. The van der Waals surface area contributed by atoms with Gasteiger partial charge in [0.1, 0.15) is 6.61 Å². The summed E-state index contributed by atoms with van der Waals surface area (Å²) in [6.07, 6.45) is -0.327. The van der Waals surface area contributed by atoms with Gasteiger partial charge in [-0.2, -0.15) is 0 Å². The van der Waals surface area contributed by atoms with Gasteiger partial charge in [-0.15, -0.1) is 0 Å². The average molecular weight is 499 g/mol. The molecule has 0 fully saturated rings. The highest BCUT2D eigenvalue weighted by Crippen LogP contribution is 2.30. The van der Waals surface area contributed by atoms with E-state index in [0.29, 0.717) is 0 Å². The predicted octanol–water partition coefficient (Wildman–Crippen LogP) is 3.24. The lowest BCUT2D eigenvalue weighted by atomic mass is 10.3. The summed E-state index contributed by atoms with van der Waals surface area (Å²) in [6, 6.07) is 0.0361. The van der Waals surface area contributed by atoms with Crippen molar-refractivity contribution in [3.8, 4) is 0 Å². The second-order valence-electron chi connectivity index (χ2n) is 7.80. The summed E-state index contributed by atoms with van der Waals surface area (Å²) in [4.78, 5) is 48.5. The van der Waals surface area contributed by atoms with E-state index >= 15 is 0 Å². The molecule has 1 unspecified atom stereocenters. The van der Waals surface area contributed by atoms with Gasteiger partial charge in [-0.1, -0.05) is 26.3 Å². The van der Waals surface area contributed by atoms with Crippen molar-refractivity contribution in [1.29, 1.82) is 0 Å². The molecule has 0 radical (unpaired) electrons. The maximum Gasteiger partial charge on any atom is 0.423 e. The number of ether oxygens (including phenoxy) is 4. The van der Waals surface area contributed by atoms with Crippen LogP contribution in [-0.2, 0) is 47.0 Å². The molecular formula is C23H34O10Si. The quantitative estimate of drug-likeness (QED) is 0.109. The van der Waals surface area contributed by atoms with Gasteiger partial charge in [0.05, 0.1) is 13.0 Å².